The average molecular weight is 334 g/mol. The highest BCUT2D eigenvalue weighted by molar-refractivity contribution is 7.99. The topological polar surface area (TPSA) is 41.6 Å². The van der Waals surface area contributed by atoms with E-state index in [9.17, 15) is 4.79 Å². The lowest BCUT2D eigenvalue weighted by atomic mass is 10.3. The molecule has 6 heteroatoms. The number of thiophene rings is 1. The molecule has 1 aliphatic rings. The number of nitrogens with one attached hydrogen (secondary N) is 1. The molecular weight excluding hydrogens is 316 g/mol. The average Bonchev–Trinajstić information content (AvgIpc) is 3.20. The zero-order chi connectivity index (χ0) is 15.4. The Balaban J connectivity index is 1.74. The first-order chi connectivity index (χ1) is 10.8. The van der Waals surface area contributed by atoms with Crippen LogP contribution in [0.5, 0.6) is 5.75 Å². The maximum atomic E-state index is 12.6. The normalized spacial score (nSPS) is 17.5. The van der Waals surface area contributed by atoms with E-state index in [1.54, 1.807) is 23.1 Å². The quantitative estimate of drug-likeness (QED) is 0.899. The third-order valence-corrected chi connectivity index (χ3v) is 5.68. The van der Waals surface area contributed by atoms with Crippen molar-refractivity contribution in [2.24, 2.45) is 0 Å². The lowest BCUT2D eigenvalue weighted by molar-refractivity contribution is 0.214. The Hall–Kier alpha value is -1.66. The summed E-state index contributed by atoms with van der Waals surface area (Å²) >= 11 is 3.50. The summed E-state index contributed by atoms with van der Waals surface area (Å²) in [6.07, 6.45) is 0. The molecule has 1 aromatic carbocycles. The van der Waals surface area contributed by atoms with Gasteiger partial charge in [-0.25, -0.2) is 4.79 Å². The molecule has 0 bridgehead atoms. The number of thioether (sulfide) groups is 1. The number of hydrogen-bond acceptors (Lipinski definition) is 4. The summed E-state index contributed by atoms with van der Waals surface area (Å²) in [7, 11) is 0. The van der Waals surface area contributed by atoms with Crippen LogP contribution in [0, 0.1) is 0 Å². The molecule has 1 atom stereocenters. The van der Waals surface area contributed by atoms with Gasteiger partial charge in [-0.05, 0) is 30.5 Å². The van der Waals surface area contributed by atoms with E-state index in [1.807, 2.05) is 42.2 Å². The molecule has 3 rings (SSSR count). The lowest BCUT2D eigenvalue weighted by Crippen LogP contribution is -2.34. The Kier molecular flexibility index (Phi) is 4.90. The number of ether oxygens (including phenoxy) is 1. The zero-order valence-corrected chi connectivity index (χ0v) is 14.0. The van der Waals surface area contributed by atoms with Crippen molar-refractivity contribution in [1.82, 2.24) is 4.90 Å². The van der Waals surface area contributed by atoms with Crippen molar-refractivity contribution in [2.75, 3.05) is 24.2 Å². The number of benzene rings is 1. The predicted octanol–water partition coefficient (Wildman–Crippen LogP) is 4.43. The molecule has 0 spiro atoms. The minimum absolute atomic E-state index is 0.0736. The van der Waals surface area contributed by atoms with E-state index in [0.29, 0.717) is 12.4 Å². The standard InChI is InChI=1S/C16H18N2O2S2/c1-2-20-13-7-4-3-6-12(13)17-16(19)18-9-11-22-15(18)14-8-5-10-21-14/h3-8,10,15H,2,9,11H2,1H3,(H,17,19)/t15-/m0/s1. The molecule has 0 radical (unpaired) electrons. The van der Waals surface area contributed by atoms with Crippen molar-refractivity contribution >= 4 is 34.8 Å². The summed E-state index contributed by atoms with van der Waals surface area (Å²) in [6.45, 7) is 3.27. The Bertz CT molecular complexity index is 631. The van der Waals surface area contributed by atoms with Crippen molar-refractivity contribution in [2.45, 2.75) is 12.3 Å². The van der Waals surface area contributed by atoms with Gasteiger partial charge in [0, 0.05) is 17.2 Å². The van der Waals surface area contributed by atoms with Crippen LogP contribution >= 0.6 is 23.1 Å². The maximum Gasteiger partial charge on any atom is 0.323 e. The number of hydrogen-bond donors (Lipinski definition) is 1. The number of urea groups is 1. The molecule has 0 unspecified atom stereocenters. The molecule has 1 N–H and O–H groups in total. The molecule has 4 nitrogen and oxygen atoms in total. The van der Waals surface area contributed by atoms with Gasteiger partial charge in [0.15, 0.2) is 0 Å². The summed E-state index contributed by atoms with van der Waals surface area (Å²) in [4.78, 5) is 15.7. The van der Waals surface area contributed by atoms with Crippen LogP contribution in [-0.2, 0) is 0 Å². The van der Waals surface area contributed by atoms with E-state index in [1.165, 1.54) is 4.88 Å². The Morgan fingerprint density at radius 3 is 3.00 bits per heavy atom. The van der Waals surface area contributed by atoms with Gasteiger partial charge in [-0.2, -0.15) is 0 Å². The third-order valence-electron chi connectivity index (χ3n) is 3.37. The number of nitrogens with zero attached hydrogens (tertiary/aromatic N) is 1. The van der Waals surface area contributed by atoms with Gasteiger partial charge in [0.25, 0.3) is 0 Å². The fourth-order valence-electron chi connectivity index (χ4n) is 2.38. The Morgan fingerprint density at radius 2 is 2.23 bits per heavy atom. The molecule has 1 fully saturated rings. The first-order valence-electron chi connectivity index (χ1n) is 7.24. The highest BCUT2D eigenvalue weighted by atomic mass is 32.2. The molecule has 0 aliphatic carbocycles. The second-order valence-corrected chi connectivity index (χ2v) is 6.96. The van der Waals surface area contributed by atoms with Crippen LogP contribution in [0.4, 0.5) is 10.5 Å². The monoisotopic (exact) mass is 334 g/mol. The van der Waals surface area contributed by atoms with Crippen LogP contribution in [0.15, 0.2) is 41.8 Å². The maximum absolute atomic E-state index is 12.6. The zero-order valence-electron chi connectivity index (χ0n) is 12.3. The SMILES string of the molecule is CCOc1ccccc1NC(=O)N1CCS[C@H]1c1cccs1. The summed E-state index contributed by atoms with van der Waals surface area (Å²) in [5.41, 5.74) is 0.719. The van der Waals surface area contributed by atoms with Gasteiger partial charge in [-0.15, -0.1) is 23.1 Å². The number of anilines is 1. The summed E-state index contributed by atoms with van der Waals surface area (Å²) in [5, 5.41) is 5.14. The highest BCUT2D eigenvalue weighted by Gasteiger charge is 2.31. The van der Waals surface area contributed by atoms with Crippen molar-refractivity contribution in [3.8, 4) is 5.75 Å². The van der Waals surface area contributed by atoms with Crippen LogP contribution < -0.4 is 10.1 Å². The van der Waals surface area contributed by atoms with Gasteiger partial charge in [-0.1, -0.05) is 18.2 Å². The third kappa shape index (κ3) is 3.23. The molecule has 2 aromatic rings. The second kappa shape index (κ2) is 7.07. The fourth-order valence-corrected chi connectivity index (χ4v) is 4.62. The van der Waals surface area contributed by atoms with Crippen molar-refractivity contribution in [3.63, 3.8) is 0 Å². The van der Waals surface area contributed by atoms with Crippen LogP contribution in [0.3, 0.4) is 0 Å². The van der Waals surface area contributed by atoms with E-state index in [0.717, 1.165) is 18.0 Å². The molecule has 1 aliphatic heterocycles. The van der Waals surface area contributed by atoms with E-state index >= 15 is 0 Å². The van der Waals surface area contributed by atoms with Crippen LogP contribution in [-0.4, -0.2) is 29.8 Å². The predicted molar refractivity (Wildman–Crippen MR) is 92.9 cm³/mol. The second-order valence-electron chi connectivity index (χ2n) is 4.79. The van der Waals surface area contributed by atoms with E-state index in [2.05, 4.69) is 16.8 Å². The molecule has 2 heterocycles. The molecule has 116 valence electrons. The summed E-state index contributed by atoms with van der Waals surface area (Å²) in [6, 6.07) is 11.6. The van der Waals surface area contributed by atoms with Crippen molar-refractivity contribution in [1.29, 1.82) is 0 Å². The largest absolute Gasteiger partial charge is 0.492 e. The lowest BCUT2D eigenvalue weighted by Gasteiger charge is -2.23. The summed E-state index contributed by atoms with van der Waals surface area (Å²) < 4.78 is 5.56. The minimum atomic E-state index is -0.0736. The number of amides is 2. The van der Waals surface area contributed by atoms with Gasteiger partial charge in [-0.3, -0.25) is 0 Å². The molecule has 1 saturated heterocycles. The van der Waals surface area contributed by atoms with Gasteiger partial charge < -0.3 is 15.0 Å². The first-order valence-corrected chi connectivity index (χ1v) is 9.17. The van der Waals surface area contributed by atoms with Crippen LogP contribution in [0.25, 0.3) is 0 Å². The van der Waals surface area contributed by atoms with E-state index in [-0.39, 0.29) is 11.4 Å². The van der Waals surface area contributed by atoms with E-state index in [4.69, 9.17) is 4.74 Å². The first kappa shape index (κ1) is 15.2. The van der Waals surface area contributed by atoms with Gasteiger partial charge >= 0.3 is 6.03 Å². The molecule has 22 heavy (non-hydrogen) atoms. The fraction of sp³-hybridized carbons (Fsp3) is 0.312. The number of para-hydroxylation sites is 2. The molecular formula is C16H18N2O2S2. The smallest absolute Gasteiger partial charge is 0.323 e. The number of carbonyl (C=O) groups is 1. The van der Waals surface area contributed by atoms with Gasteiger partial charge in [0.2, 0.25) is 0 Å². The molecule has 2 amide bonds. The number of rotatable bonds is 4. The van der Waals surface area contributed by atoms with Gasteiger partial charge in [0.1, 0.15) is 11.1 Å². The van der Waals surface area contributed by atoms with Crippen LogP contribution in [0.1, 0.15) is 17.2 Å². The van der Waals surface area contributed by atoms with Crippen molar-refractivity contribution in [3.05, 3.63) is 46.7 Å². The summed E-state index contributed by atoms with van der Waals surface area (Å²) in [5.74, 6) is 1.67. The molecule has 0 saturated carbocycles. The Labute approximate surface area is 138 Å². The van der Waals surface area contributed by atoms with E-state index < -0.39 is 0 Å². The van der Waals surface area contributed by atoms with Crippen molar-refractivity contribution < 1.29 is 9.53 Å². The number of carbonyl (C=O) groups excluding carboxylic acids is 1. The Morgan fingerprint density at radius 1 is 1.36 bits per heavy atom. The molecule has 1 aromatic heterocycles. The minimum Gasteiger partial charge on any atom is -0.492 e. The van der Waals surface area contributed by atoms with Crippen LogP contribution in [0.2, 0.25) is 0 Å². The highest BCUT2D eigenvalue weighted by Crippen LogP contribution is 2.40. The van der Waals surface area contributed by atoms with Gasteiger partial charge in [0.05, 0.1) is 12.3 Å².